The number of nitrogens with zero attached hydrogens (tertiary/aromatic N) is 1. The number of para-hydroxylation sites is 3. The summed E-state index contributed by atoms with van der Waals surface area (Å²) in [6.07, 6.45) is 0.325. The molecule has 0 saturated heterocycles. The summed E-state index contributed by atoms with van der Waals surface area (Å²) < 4.78 is 11.1. The largest absolute Gasteiger partial charge is 0.493 e. The van der Waals surface area contributed by atoms with Gasteiger partial charge in [0.25, 0.3) is 5.91 Å². The van der Waals surface area contributed by atoms with Crippen molar-refractivity contribution < 1.29 is 14.3 Å². The van der Waals surface area contributed by atoms with Crippen molar-refractivity contribution >= 4 is 11.6 Å². The summed E-state index contributed by atoms with van der Waals surface area (Å²) >= 11 is 0. The van der Waals surface area contributed by atoms with E-state index in [1.165, 1.54) is 5.56 Å². The third kappa shape index (κ3) is 2.64. The minimum absolute atomic E-state index is 0.0316. The zero-order chi connectivity index (χ0) is 15.5. The number of rotatable bonds is 4. The molecule has 0 fully saturated rings. The van der Waals surface area contributed by atoms with Crippen molar-refractivity contribution in [2.45, 2.75) is 19.4 Å². The molecule has 1 aliphatic heterocycles. The minimum Gasteiger partial charge on any atom is -0.493 e. The highest BCUT2D eigenvalue weighted by Crippen LogP contribution is 2.30. The number of anilines is 1. The maximum absolute atomic E-state index is 12.7. The van der Waals surface area contributed by atoms with Crippen LogP contribution in [-0.2, 0) is 11.2 Å². The Labute approximate surface area is 130 Å². The molecule has 0 unspecified atom stereocenters. The second-order valence-corrected chi connectivity index (χ2v) is 5.28. The Hall–Kier alpha value is -2.49. The van der Waals surface area contributed by atoms with E-state index in [-0.39, 0.29) is 5.91 Å². The van der Waals surface area contributed by atoms with Gasteiger partial charge in [-0.3, -0.25) is 4.79 Å². The lowest BCUT2D eigenvalue weighted by molar-refractivity contribution is -0.124. The number of carbonyl (C=O) groups is 1. The number of hydrogen-bond donors (Lipinski definition) is 0. The van der Waals surface area contributed by atoms with Crippen LogP contribution in [0, 0.1) is 0 Å². The van der Waals surface area contributed by atoms with E-state index < -0.39 is 6.10 Å². The number of amides is 1. The first-order valence-electron chi connectivity index (χ1n) is 7.39. The maximum atomic E-state index is 12.7. The molecular weight excluding hydrogens is 278 g/mol. The minimum atomic E-state index is -0.567. The monoisotopic (exact) mass is 297 g/mol. The summed E-state index contributed by atoms with van der Waals surface area (Å²) in [7, 11) is 1.59. The third-order valence-electron chi connectivity index (χ3n) is 3.87. The van der Waals surface area contributed by atoms with Gasteiger partial charge in [-0.25, -0.2) is 0 Å². The molecule has 0 spiro atoms. The molecule has 1 aliphatic rings. The van der Waals surface area contributed by atoms with Crippen LogP contribution in [0.5, 0.6) is 11.5 Å². The molecule has 22 heavy (non-hydrogen) atoms. The van der Waals surface area contributed by atoms with Crippen molar-refractivity contribution in [3.05, 3.63) is 54.1 Å². The van der Waals surface area contributed by atoms with Crippen molar-refractivity contribution in [1.29, 1.82) is 0 Å². The van der Waals surface area contributed by atoms with Crippen molar-refractivity contribution in [2.75, 3.05) is 18.6 Å². The smallest absolute Gasteiger partial charge is 0.267 e. The van der Waals surface area contributed by atoms with Gasteiger partial charge in [-0.2, -0.15) is 0 Å². The highest BCUT2D eigenvalue weighted by atomic mass is 16.5. The third-order valence-corrected chi connectivity index (χ3v) is 3.87. The van der Waals surface area contributed by atoms with Crippen molar-refractivity contribution in [3.63, 3.8) is 0 Å². The quantitative estimate of drug-likeness (QED) is 0.870. The molecule has 2 aromatic carbocycles. The van der Waals surface area contributed by atoms with Crippen molar-refractivity contribution in [2.24, 2.45) is 0 Å². The van der Waals surface area contributed by atoms with E-state index in [0.29, 0.717) is 18.0 Å². The predicted molar refractivity (Wildman–Crippen MR) is 85.6 cm³/mol. The number of methoxy groups -OCH3 is 1. The van der Waals surface area contributed by atoms with Gasteiger partial charge in [0, 0.05) is 12.2 Å². The summed E-state index contributed by atoms with van der Waals surface area (Å²) in [5, 5.41) is 0. The molecule has 0 radical (unpaired) electrons. The highest BCUT2D eigenvalue weighted by molar-refractivity contribution is 5.98. The Morgan fingerprint density at radius 2 is 1.77 bits per heavy atom. The number of hydrogen-bond acceptors (Lipinski definition) is 3. The van der Waals surface area contributed by atoms with Gasteiger partial charge in [-0.15, -0.1) is 0 Å². The molecule has 1 atom stereocenters. The van der Waals surface area contributed by atoms with Crippen molar-refractivity contribution in [1.82, 2.24) is 0 Å². The van der Waals surface area contributed by atoms with E-state index in [1.807, 2.05) is 36.4 Å². The summed E-state index contributed by atoms with van der Waals surface area (Å²) in [6, 6.07) is 15.4. The van der Waals surface area contributed by atoms with E-state index in [9.17, 15) is 4.79 Å². The number of carbonyl (C=O) groups excluding carboxylic acids is 1. The van der Waals surface area contributed by atoms with Crippen LogP contribution >= 0.6 is 0 Å². The Morgan fingerprint density at radius 1 is 1.09 bits per heavy atom. The van der Waals surface area contributed by atoms with Gasteiger partial charge >= 0.3 is 0 Å². The van der Waals surface area contributed by atoms with Gasteiger partial charge < -0.3 is 14.4 Å². The molecule has 0 bridgehead atoms. The van der Waals surface area contributed by atoms with Gasteiger partial charge in [0.1, 0.15) is 0 Å². The summed E-state index contributed by atoms with van der Waals surface area (Å²) in [6.45, 7) is 2.48. The molecule has 114 valence electrons. The molecule has 0 aromatic heterocycles. The van der Waals surface area contributed by atoms with Crippen LogP contribution < -0.4 is 14.4 Å². The molecule has 0 saturated carbocycles. The molecule has 1 heterocycles. The molecule has 0 N–H and O–H groups in total. The summed E-state index contributed by atoms with van der Waals surface area (Å²) in [4.78, 5) is 14.5. The number of ether oxygens (including phenoxy) is 2. The van der Waals surface area contributed by atoms with Crippen LogP contribution in [0.25, 0.3) is 0 Å². The van der Waals surface area contributed by atoms with E-state index >= 15 is 0 Å². The summed E-state index contributed by atoms with van der Waals surface area (Å²) in [5.41, 5.74) is 2.20. The second-order valence-electron chi connectivity index (χ2n) is 5.28. The average molecular weight is 297 g/mol. The first-order valence-corrected chi connectivity index (χ1v) is 7.39. The van der Waals surface area contributed by atoms with E-state index in [0.717, 1.165) is 12.1 Å². The van der Waals surface area contributed by atoms with Gasteiger partial charge in [-0.05, 0) is 37.1 Å². The average Bonchev–Trinajstić information content (AvgIpc) is 2.98. The van der Waals surface area contributed by atoms with Crippen LogP contribution in [0.3, 0.4) is 0 Å². The highest BCUT2D eigenvalue weighted by Gasteiger charge is 2.29. The van der Waals surface area contributed by atoms with Crippen LogP contribution in [0.15, 0.2) is 48.5 Å². The van der Waals surface area contributed by atoms with Crippen LogP contribution in [0.2, 0.25) is 0 Å². The molecule has 4 nitrogen and oxygen atoms in total. The fourth-order valence-electron chi connectivity index (χ4n) is 2.74. The van der Waals surface area contributed by atoms with E-state index in [1.54, 1.807) is 25.0 Å². The maximum Gasteiger partial charge on any atom is 0.267 e. The normalized spacial score (nSPS) is 14.4. The van der Waals surface area contributed by atoms with E-state index in [2.05, 4.69) is 6.07 Å². The molecule has 4 heteroatoms. The Balaban J connectivity index is 1.76. The molecule has 0 aliphatic carbocycles. The number of benzene rings is 2. The van der Waals surface area contributed by atoms with Crippen LogP contribution in [-0.4, -0.2) is 25.7 Å². The fourth-order valence-corrected chi connectivity index (χ4v) is 2.74. The number of fused-ring (bicyclic) bond motifs is 1. The van der Waals surface area contributed by atoms with Gasteiger partial charge in [0.2, 0.25) is 0 Å². The van der Waals surface area contributed by atoms with Crippen LogP contribution in [0.1, 0.15) is 12.5 Å². The SMILES string of the molecule is COc1ccccc1O[C@H](C)C(=O)N1CCc2ccccc21. The van der Waals surface area contributed by atoms with Gasteiger partial charge in [-0.1, -0.05) is 30.3 Å². The van der Waals surface area contributed by atoms with Gasteiger partial charge in [0.05, 0.1) is 7.11 Å². The zero-order valence-corrected chi connectivity index (χ0v) is 12.8. The predicted octanol–water partition coefficient (Wildman–Crippen LogP) is 3.05. The van der Waals surface area contributed by atoms with E-state index in [4.69, 9.17) is 9.47 Å². The lowest BCUT2D eigenvalue weighted by Crippen LogP contribution is -2.39. The molecule has 1 amide bonds. The molecule has 3 rings (SSSR count). The Bertz CT molecular complexity index is 684. The molecular formula is C18H19NO3. The van der Waals surface area contributed by atoms with Crippen LogP contribution in [0.4, 0.5) is 5.69 Å². The van der Waals surface area contributed by atoms with Crippen molar-refractivity contribution in [3.8, 4) is 11.5 Å². The molecule has 2 aromatic rings. The van der Waals surface area contributed by atoms with Gasteiger partial charge in [0.15, 0.2) is 17.6 Å². The zero-order valence-electron chi connectivity index (χ0n) is 12.8. The first kappa shape index (κ1) is 14.4. The Morgan fingerprint density at radius 3 is 2.55 bits per heavy atom. The first-order chi connectivity index (χ1) is 10.7. The fraction of sp³-hybridized carbons (Fsp3) is 0.278. The second kappa shape index (κ2) is 6.10. The lowest BCUT2D eigenvalue weighted by atomic mass is 10.2. The Kier molecular flexibility index (Phi) is 4.00. The standard InChI is InChI=1S/C18H19NO3/c1-13(22-17-10-6-5-9-16(17)21-2)18(20)19-12-11-14-7-3-4-8-15(14)19/h3-10,13H,11-12H2,1-2H3/t13-/m1/s1. The topological polar surface area (TPSA) is 38.8 Å². The lowest BCUT2D eigenvalue weighted by Gasteiger charge is -2.23. The summed E-state index contributed by atoms with van der Waals surface area (Å²) in [5.74, 6) is 1.18.